The molecule has 2 rings (SSSR count). The average Bonchev–Trinajstić information content (AvgIpc) is 2.72. The fourth-order valence-electron chi connectivity index (χ4n) is 1.62. The van der Waals surface area contributed by atoms with Crippen LogP contribution in [0.2, 0.25) is 5.02 Å². The summed E-state index contributed by atoms with van der Waals surface area (Å²) >= 11 is 9.63. The molecule has 1 N–H and O–H groups in total. The van der Waals surface area contributed by atoms with Gasteiger partial charge in [-0.3, -0.25) is 10.1 Å². The Morgan fingerprint density at radius 1 is 1.53 bits per heavy atom. The molecular formula is C13H12ClIN2OS. The molecule has 100 valence electrons. The number of halogens is 2. The zero-order valence-corrected chi connectivity index (χ0v) is 14.2. The average molecular weight is 407 g/mol. The third-order valence-electron chi connectivity index (χ3n) is 2.63. The molecule has 0 spiro atoms. The highest BCUT2D eigenvalue weighted by atomic mass is 127. The van der Waals surface area contributed by atoms with Gasteiger partial charge in [0.25, 0.3) is 5.91 Å². The summed E-state index contributed by atoms with van der Waals surface area (Å²) in [6, 6.07) is 5.24. The van der Waals surface area contributed by atoms with Crippen molar-refractivity contribution in [3.8, 4) is 0 Å². The lowest BCUT2D eigenvalue weighted by molar-refractivity contribution is 0.102. The molecule has 3 nitrogen and oxygen atoms in total. The highest BCUT2D eigenvalue weighted by Gasteiger charge is 2.12. The summed E-state index contributed by atoms with van der Waals surface area (Å²) in [5, 5.41) is 4.02. The van der Waals surface area contributed by atoms with Gasteiger partial charge in [0.15, 0.2) is 5.13 Å². The fourth-order valence-corrected chi connectivity index (χ4v) is 3.03. The summed E-state index contributed by atoms with van der Waals surface area (Å²) in [5.41, 5.74) is 1.57. The van der Waals surface area contributed by atoms with Gasteiger partial charge in [0.1, 0.15) is 0 Å². The number of aromatic nitrogens is 1. The van der Waals surface area contributed by atoms with Gasteiger partial charge in [-0.05, 0) is 54.1 Å². The summed E-state index contributed by atoms with van der Waals surface area (Å²) < 4.78 is 0.925. The molecule has 0 radical (unpaired) electrons. The Hall–Kier alpha value is -0.660. The number of benzene rings is 1. The van der Waals surface area contributed by atoms with E-state index in [1.807, 2.05) is 19.9 Å². The first-order chi connectivity index (χ1) is 9.01. The van der Waals surface area contributed by atoms with Gasteiger partial charge in [0, 0.05) is 14.0 Å². The van der Waals surface area contributed by atoms with Crippen molar-refractivity contribution in [1.82, 2.24) is 4.98 Å². The third-order valence-corrected chi connectivity index (χ3v) is 5.13. The van der Waals surface area contributed by atoms with Gasteiger partial charge in [0.2, 0.25) is 0 Å². The first-order valence-corrected chi connectivity index (χ1v) is 8.01. The van der Waals surface area contributed by atoms with E-state index in [1.54, 1.807) is 12.1 Å². The highest BCUT2D eigenvalue weighted by Crippen LogP contribution is 2.24. The number of aryl methyl sites for hydroxylation is 2. The van der Waals surface area contributed by atoms with E-state index in [4.69, 9.17) is 11.6 Å². The van der Waals surface area contributed by atoms with Crippen LogP contribution in [0.25, 0.3) is 0 Å². The summed E-state index contributed by atoms with van der Waals surface area (Å²) in [5.74, 6) is -0.185. The van der Waals surface area contributed by atoms with E-state index in [1.165, 1.54) is 11.3 Å². The molecule has 1 amide bonds. The Balaban J connectivity index is 2.18. The quantitative estimate of drug-likeness (QED) is 0.761. The second-order valence-electron chi connectivity index (χ2n) is 3.96. The minimum absolute atomic E-state index is 0.185. The summed E-state index contributed by atoms with van der Waals surface area (Å²) in [6.07, 6.45) is 0.869. The van der Waals surface area contributed by atoms with E-state index < -0.39 is 0 Å². The SMILES string of the molecule is CCc1nc(NC(=O)c2ccc(I)c(Cl)c2)sc1C. The molecule has 19 heavy (non-hydrogen) atoms. The second kappa shape index (κ2) is 6.19. The van der Waals surface area contributed by atoms with Crippen molar-refractivity contribution in [3.63, 3.8) is 0 Å². The van der Waals surface area contributed by atoms with Crippen molar-refractivity contribution in [2.24, 2.45) is 0 Å². The van der Waals surface area contributed by atoms with Crippen LogP contribution in [0.1, 0.15) is 27.9 Å². The molecule has 0 saturated carbocycles. The lowest BCUT2D eigenvalue weighted by Gasteiger charge is -2.03. The van der Waals surface area contributed by atoms with Crippen LogP contribution in [-0.2, 0) is 6.42 Å². The minimum Gasteiger partial charge on any atom is -0.298 e. The predicted octanol–water partition coefficient (Wildman–Crippen LogP) is 4.52. The number of carbonyl (C=O) groups is 1. The number of thiazole rings is 1. The van der Waals surface area contributed by atoms with E-state index in [9.17, 15) is 4.79 Å². The maximum Gasteiger partial charge on any atom is 0.257 e. The van der Waals surface area contributed by atoms with Crippen molar-refractivity contribution in [3.05, 3.63) is 42.9 Å². The van der Waals surface area contributed by atoms with Crippen LogP contribution in [0, 0.1) is 10.5 Å². The molecule has 0 aliphatic heterocycles. The Bertz CT molecular complexity index is 627. The Morgan fingerprint density at radius 3 is 2.84 bits per heavy atom. The molecule has 2 aromatic rings. The molecule has 1 aromatic heterocycles. The van der Waals surface area contributed by atoms with E-state index in [0.29, 0.717) is 15.7 Å². The molecule has 0 atom stereocenters. The standard InChI is InChI=1S/C13H12ClIN2OS/c1-3-11-7(2)19-13(16-11)17-12(18)8-4-5-10(15)9(14)6-8/h4-6H,3H2,1-2H3,(H,16,17,18). The zero-order chi connectivity index (χ0) is 14.0. The van der Waals surface area contributed by atoms with Gasteiger partial charge in [0.05, 0.1) is 10.7 Å². The van der Waals surface area contributed by atoms with E-state index >= 15 is 0 Å². The number of hydrogen-bond acceptors (Lipinski definition) is 3. The number of nitrogens with one attached hydrogen (secondary N) is 1. The number of amides is 1. The van der Waals surface area contributed by atoms with E-state index in [0.717, 1.165) is 20.6 Å². The van der Waals surface area contributed by atoms with Crippen molar-refractivity contribution >= 4 is 56.6 Å². The Morgan fingerprint density at radius 2 is 2.26 bits per heavy atom. The fraction of sp³-hybridized carbons (Fsp3) is 0.231. The van der Waals surface area contributed by atoms with Crippen LogP contribution in [-0.4, -0.2) is 10.9 Å². The number of anilines is 1. The Labute approximate surface area is 134 Å². The van der Waals surface area contributed by atoms with Crippen molar-refractivity contribution in [2.75, 3.05) is 5.32 Å². The molecule has 0 aliphatic carbocycles. The maximum atomic E-state index is 12.1. The molecule has 1 aromatic carbocycles. The van der Waals surface area contributed by atoms with Gasteiger partial charge in [-0.1, -0.05) is 18.5 Å². The minimum atomic E-state index is -0.185. The summed E-state index contributed by atoms with van der Waals surface area (Å²) in [7, 11) is 0. The van der Waals surface area contributed by atoms with Crippen LogP contribution >= 0.6 is 45.5 Å². The van der Waals surface area contributed by atoms with E-state index in [2.05, 4.69) is 32.9 Å². The van der Waals surface area contributed by atoms with Crippen molar-refractivity contribution in [2.45, 2.75) is 20.3 Å². The van der Waals surface area contributed by atoms with Crippen LogP contribution < -0.4 is 5.32 Å². The van der Waals surface area contributed by atoms with Gasteiger partial charge < -0.3 is 0 Å². The lowest BCUT2D eigenvalue weighted by atomic mass is 10.2. The molecule has 0 unspecified atom stereocenters. The molecule has 6 heteroatoms. The number of rotatable bonds is 3. The number of carbonyl (C=O) groups excluding carboxylic acids is 1. The van der Waals surface area contributed by atoms with Gasteiger partial charge in [-0.2, -0.15) is 0 Å². The molecule has 0 aliphatic rings. The van der Waals surface area contributed by atoms with Crippen LogP contribution in [0.4, 0.5) is 5.13 Å². The van der Waals surface area contributed by atoms with Gasteiger partial charge >= 0.3 is 0 Å². The topological polar surface area (TPSA) is 42.0 Å². The van der Waals surface area contributed by atoms with Crippen molar-refractivity contribution in [1.29, 1.82) is 0 Å². The summed E-state index contributed by atoms with van der Waals surface area (Å²) in [4.78, 5) is 17.6. The van der Waals surface area contributed by atoms with Crippen molar-refractivity contribution < 1.29 is 4.79 Å². The summed E-state index contributed by atoms with van der Waals surface area (Å²) in [6.45, 7) is 4.06. The zero-order valence-electron chi connectivity index (χ0n) is 10.5. The Kier molecular flexibility index (Phi) is 4.81. The highest BCUT2D eigenvalue weighted by molar-refractivity contribution is 14.1. The molecule has 0 fully saturated rings. The monoisotopic (exact) mass is 406 g/mol. The van der Waals surface area contributed by atoms with E-state index in [-0.39, 0.29) is 5.91 Å². The predicted molar refractivity (Wildman–Crippen MR) is 88.4 cm³/mol. The van der Waals surface area contributed by atoms with Crippen LogP contribution in [0.15, 0.2) is 18.2 Å². The van der Waals surface area contributed by atoms with Crippen LogP contribution in [0.5, 0.6) is 0 Å². The number of nitrogens with zero attached hydrogens (tertiary/aromatic N) is 1. The molecular weight excluding hydrogens is 395 g/mol. The largest absolute Gasteiger partial charge is 0.298 e. The normalized spacial score (nSPS) is 10.5. The van der Waals surface area contributed by atoms with Gasteiger partial charge in [-0.25, -0.2) is 4.98 Å². The maximum absolute atomic E-state index is 12.1. The molecule has 0 bridgehead atoms. The first-order valence-electron chi connectivity index (χ1n) is 5.74. The second-order valence-corrected chi connectivity index (χ2v) is 6.73. The smallest absolute Gasteiger partial charge is 0.257 e. The lowest BCUT2D eigenvalue weighted by Crippen LogP contribution is -2.11. The number of hydrogen-bond donors (Lipinski definition) is 1. The molecule has 1 heterocycles. The van der Waals surface area contributed by atoms with Crippen LogP contribution in [0.3, 0.4) is 0 Å². The third kappa shape index (κ3) is 3.46. The molecule has 0 saturated heterocycles. The van der Waals surface area contributed by atoms with Gasteiger partial charge in [-0.15, -0.1) is 11.3 Å². The first kappa shape index (κ1) is 14.7.